The molecule has 1 heterocycles. The summed E-state index contributed by atoms with van der Waals surface area (Å²) in [6, 6.07) is 13.4. The highest BCUT2D eigenvalue weighted by atomic mass is 32.2. The predicted molar refractivity (Wildman–Crippen MR) is 123 cm³/mol. The lowest BCUT2D eigenvalue weighted by molar-refractivity contribution is 0.305. The molecule has 0 amide bonds. The zero-order valence-corrected chi connectivity index (χ0v) is 18.6. The monoisotopic (exact) mass is 427 g/mol. The number of para-hydroxylation sites is 1. The lowest BCUT2D eigenvalue weighted by Gasteiger charge is -2.25. The van der Waals surface area contributed by atoms with Crippen molar-refractivity contribution < 1.29 is 8.42 Å². The molecule has 30 heavy (non-hydrogen) atoms. The number of hydrogen-bond donors (Lipinski definition) is 3. The van der Waals surface area contributed by atoms with E-state index >= 15 is 0 Å². The fourth-order valence-electron chi connectivity index (χ4n) is 4.72. The molecule has 1 aliphatic carbocycles. The van der Waals surface area contributed by atoms with Crippen LogP contribution < -0.4 is 15.4 Å². The van der Waals surface area contributed by atoms with Crippen LogP contribution in [0, 0.1) is 5.92 Å². The van der Waals surface area contributed by atoms with Crippen molar-refractivity contribution in [3.8, 4) is 0 Å². The summed E-state index contributed by atoms with van der Waals surface area (Å²) < 4.78 is 28.8. The van der Waals surface area contributed by atoms with Gasteiger partial charge in [0.25, 0.3) is 10.0 Å². The average Bonchev–Trinajstić information content (AvgIpc) is 3.22. The summed E-state index contributed by atoms with van der Waals surface area (Å²) in [7, 11) is -3.62. The average molecular weight is 428 g/mol. The topological polar surface area (TPSA) is 70.2 Å². The highest BCUT2D eigenvalue weighted by Crippen LogP contribution is 2.28. The molecule has 1 fully saturated rings. The second kappa shape index (κ2) is 9.40. The van der Waals surface area contributed by atoms with Crippen LogP contribution >= 0.6 is 0 Å². The molecule has 2 aromatic rings. The minimum atomic E-state index is -3.62. The van der Waals surface area contributed by atoms with Crippen LogP contribution in [0.3, 0.4) is 0 Å². The Hall–Kier alpha value is -2.05. The van der Waals surface area contributed by atoms with Crippen LogP contribution in [-0.2, 0) is 23.0 Å². The van der Waals surface area contributed by atoms with E-state index in [4.69, 9.17) is 0 Å². The molecular weight excluding hydrogens is 394 g/mol. The van der Waals surface area contributed by atoms with Crippen LogP contribution in [0.4, 0.5) is 11.4 Å². The summed E-state index contributed by atoms with van der Waals surface area (Å²) in [6.07, 6.45) is 8.85. The van der Waals surface area contributed by atoms with Crippen molar-refractivity contribution in [1.82, 2.24) is 5.32 Å². The van der Waals surface area contributed by atoms with E-state index in [9.17, 15) is 8.42 Å². The Bertz CT molecular complexity index is 968. The van der Waals surface area contributed by atoms with Crippen molar-refractivity contribution in [2.45, 2.75) is 69.4 Å². The second-order valence-electron chi connectivity index (χ2n) is 8.78. The molecule has 0 saturated heterocycles. The van der Waals surface area contributed by atoms with Gasteiger partial charge in [-0.25, -0.2) is 8.42 Å². The standard InChI is InChI=1S/C24H33N3O2S/c1-18(15-19-7-3-2-4-8-19)26-17-21-9-5-6-10-24(21)27-30(28,29)22-11-12-23-20(16-22)13-14-25-23/h5-6,9-12,16,18-19,25-27H,2-4,7-8,13-15,17H2,1H3. The maximum Gasteiger partial charge on any atom is 0.261 e. The molecule has 1 atom stereocenters. The Morgan fingerprint density at radius 3 is 2.73 bits per heavy atom. The first-order valence-corrected chi connectivity index (χ1v) is 12.7. The molecule has 5 nitrogen and oxygen atoms in total. The van der Waals surface area contributed by atoms with Crippen molar-refractivity contribution in [3.63, 3.8) is 0 Å². The Balaban J connectivity index is 1.41. The first-order valence-electron chi connectivity index (χ1n) is 11.2. The summed E-state index contributed by atoms with van der Waals surface area (Å²) in [5.74, 6) is 0.823. The minimum absolute atomic E-state index is 0.318. The van der Waals surface area contributed by atoms with Gasteiger partial charge in [0.15, 0.2) is 0 Å². The molecule has 2 aromatic carbocycles. The van der Waals surface area contributed by atoms with Gasteiger partial charge in [-0.3, -0.25) is 4.72 Å². The molecular formula is C24H33N3O2S. The van der Waals surface area contributed by atoms with Gasteiger partial charge in [0.05, 0.1) is 10.6 Å². The SMILES string of the molecule is CC(CC1CCCCC1)NCc1ccccc1NS(=O)(=O)c1ccc2c(c1)CCN2. The smallest absolute Gasteiger partial charge is 0.261 e. The van der Waals surface area contributed by atoms with E-state index in [0.29, 0.717) is 23.2 Å². The van der Waals surface area contributed by atoms with E-state index < -0.39 is 10.0 Å². The van der Waals surface area contributed by atoms with E-state index in [-0.39, 0.29) is 0 Å². The zero-order valence-electron chi connectivity index (χ0n) is 17.8. The van der Waals surface area contributed by atoms with Crippen LogP contribution in [0.1, 0.15) is 56.6 Å². The quantitative estimate of drug-likeness (QED) is 0.560. The van der Waals surface area contributed by atoms with Crippen LogP contribution in [0.2, 0.25) is 0 Å². The first kappa shape index (κ1) is 21.2. The lowest BCUT2D eigenvalue weighted by atomic mass is 9.85. The molecule has 0 aromatic heterocycles. The normalized spacial score (nSPS) is 17.9. The summed E-state index contributed by atoms with van der Waals surface area (Å²) in [6.45, 7) is 3.75. The van der Waals surface area contributed by atoms with Gasteiger partial charge < -0.3 is 10.6 Å². The molecule has 4 rings (SSSR count). The first-order chi connectivity index (χ1) is 14.5. The number of sulfonamides is 1. The highest BCUT2D eigenvalue weighted by Gasteiger charge is 2.20. The molecule has 162 valence electrons. The number of fused-ring (bicyclic) bond motifs is 1. The van der Waals surface area contributed by atoms with E-state index in [2.05, 4.69) is 22.3 Å². The number of benzene rings is 2. The molecule has 1 aliphatic heterocycles. The Morgan fingerprint density at radius 1 is 1.10 bits per heavy atom. The molecule has 0 spiro atoms. The van der Waals surface area contributed by atoms with E-state index in [1.807, 2.05) is 30.3 Å². The zero-order chi connectivity index (χ0) is 21.0. The lowest BCUT2D eigenvalue weighted by Crippen LogP contribution is -2.29. The van der Waals surface area contributed by atoms with Crippen molar-refractivity contribution in [3.05, 3.63) is 53.6 Å². The largest absolute Gasteiger partial charge is 0.384 e. The summed E-state index contributed by atoms with van der Waals surface area (Å²) >= 11 is 0. The van der Waals surface area contributed by atoms with Crippen LogP contribution in [0.15, 0.2) is 47.4 Å². The van der Waals surface area contributed by atoms with Gasteiger partial charge in [-0.1, -0.05) is 50.3 Å². The molecule has 1 unspecified atom stereocenters. The van der Waals surface area contributed by atoms with E-state index in [1.54, 1.807) is 12.1 Å². The van der Waals surface area contributed by atoms with Crippen molar-refractivity contribution >= 4 is 21.4 Å². The molecule has 3 N–H and O–H groups in total. The molecule has 1 saturated carbocycles. The van der Waals surface area contributed by atoms with Crippen LogP contribution in [0.25, 0.3) is 0 Å². The van der Waals surface area contributed by atoms with Gasteiger partial charge in [-0.2, -0.15) is 0 Å². The predicted octanol–water partition coefficient (Wildman–Crippen LogP) is 4.90. The van der Waals surface area contributed by atoms with Gasteiger partial charge in [0.1, 0.15) is 0 Å². The van der Waals surface area contributed by atoms with Crippen LogP contribution in [-0.4, -0.2) is 21.0 Å². The second-order valence-corrected chi connectivity index (χ2v) is 10.5. The Labute approximate surface area is 180 Å². The fourth-order valence-corrected chi connectivity index (χ4v) is 5.87. The summed E-state index contributed by atoms with van der Waals surface area (Å²) in [5, 5.41) is 6.87. The molecule has 0 radical (unpaired) electrons. The number of nitrogens with one attached hydrogen (secondary N) is 3. The van der Waals surface area contributed by atoms with Gasteiger partial charge in [0.2, 0.25) is 0 Å². The summed E-state index contributed by atoms with van der Waals surface area (Å²) in [4.78, 5) is 0.318. The van der Waals surface area contributed by atoms with Gasteiger partial charge >= 0.3 is 0 Å². The van der Waals surface area contributed by atoms with Crippen molar-refractivity contribution in [2.24, 2.45) is 5.92 Å². The van der Waals surface area contributed by atoms with Gasteiger partial charge in [-0.15, -0.1) is 0 Å². The minimum Gasteiger partial charge on any atom is -0.384 e. The fraction of sp³-hybridized carbons (Fsp3) is 0.500. The van der Waals surface area contributed by atoms with Crippen LogP contribution in [0.5, 0.6) is 0 Å². The maximum atomic E-state index is 13.0. The Morgan fingerprint density at radius 2 is 1.90 bits per heavy atom. The Kier molecular flexibility index (Phi) is 6.64. The number of rotatable bonds is 8. The molecule has 0 bridgehead atoms. The molecule has 6 heteroatoms. The number of anilines is 2. The van der Waals surface area contributed by atoms with E-state index in [1.165, 1.54) is 38.5 Å². The molecule has 2 aliphatic rings. The van der Waals surface area contributed by atoms with E-state index in [0.717, 1.165) is 35.7 Å². The third-order valence-electron chi connectivity index (χ3n) is 6.41. The summed E-state index contributed by atoms with van der Waals surface area (Å²) in [5.41, 5.74) is 3.71. The van der Waals surface area contributed by atoms with Gasteiger partial charge in [0, 0.05) is 24.8 Å². The third-order valence-corrected chi connectivity index (χ3v) is 7.77. The third kappa shape index (κ3) is 5.16. The highest BCUT2D eigenvalue weighted by molar-refractivity contribution is 7.92. The maximum absolute atomic E-state index is 13.0. The van der Waals surface area contributed by atoms with Crippen molar-refractivity contribution in [1.29, 1.82) is 0 Å². The van der Waals surface area contributed by atoms with Crippen molar-refractivity contribution in [2.75, 3.05) is 16.6 Å². The van der Waals surface area contributed by atoms with Gasteiger partial charge in [-0.05, 0) is 61.1 Å². The number of hydrogen-bond acceptors (Lipinski definition) is 4.